The molecule has 2 amide bonds. The number of aliphatic hydroxyl groups is 1. The number of rotatable bonds is 8. The molecule has 3 saturated heterocycles. The number of fused-ring (bicyclic) bond motifs is 1. The monoisotopic (exact) mass is 562 g/mol. The summed E-state index contributed by atoms with van der Waals surface area (Å²) in [6, 6.07) is 8.12. The van der Waals surface area contributed by atoms with Crippen LogP contribution in [-0.2, 0) is 30.3 Å². The maximum Gasteiger partial charge on any atom is 0.312 e. The predicted molar refractivity (Wildman–Crippen MR) is 135 cm³/mol. The molecule has 1 aromatic carbocycles. The van der Waals surface area contributed by atoms with Crippen molar-refractivity contribution in [3.63, 3.8) is 0 Å². The lowest BCUT2D eigenvalue weighted by molar-refractivity contribution is -0.155. The number of hydrogen-bond acceptors (Lipinski definition) is 6. The van der Waals surface area contributed by atoms with Crippen LogP contribution in [0, 0.1) is 11.8 Å². The second kappa shape index (κ2) is 10.4. The van der Waals surface area contributed by atoms with Crippen molar-refractivity contribution in [1.29, 1.82) is 0 Å². The van der Waals surface area contributed by atoms with Crippen LogP contribution in [0.3, 0.4) is 0 Å². The number of carbonyl (C=O) groups excluding carboxylic acids is 3. The quantitative estimate of drug-likeness (QED) is 0.372. The van der Waals surface area contributed by atoms with E-state index in [4.69, 9.17) is 9.47 Å². The third-order valence-corrected chi connectivity index (χ3v) is 9.25. The third kappa shape index (κ3) is 4.27. The van der Waals surface area contributed by atoms with Gasteiger partial charge in [0.05, 0.1) is 37.2 Å². The van der Waals surface area contributed by atoms with Gasteiger partial charge in [-0.25, -0.2) is 0 Å². The third-order valence-electron chi connectivity index (χ3n) is 8.40. The Morgan fingerprint density at radius 3 is 2.64 bits per heavy atom. The van der Waals surface area contributed by atoms with Crippen LogP contribution in [0.15, 0.2) is 30.3 Å². The highest BCUT2D eigenvalue weighted by Crippen LogP contribution is 2.60. The van der Waals surface area contributed by atoms with E-state index < -0.39 is 41.6 Å². The number of hydrogen-bond donors (Lipinski definition) is 2. The predicted octanol–water partition coefficient (Wildman–Crippen LogP) is 2.35. The van der Waals surface area contributed by atoms with Crippen LogP contribution in [0.1, 0.15) is 51.0 Å². The van der Waals surface area contributed by atoms with E-state index in [2.05, 4.69) is 21.2 Å². The number of esters is 1. The molecule has 1 saturated carbocycles. The number of carbonyl (C=O) groups is 3. The van der Waals surface area contributed by atoms with Gasteiger partial charge in [0.15, 0.2) is 0 Å². The molecule has 196 valence electrons. The highest BCUT2D eigenvalue weighted by molar-refractivity contribution is 9.09. The lowest BCUT2D eigenvalue weighted by Gasteiger charge is -2.38. The van der Waals surface area contributed by atoms with Gasteiger partial charge in [0.2, 0.25) is 11.8 Å². The standard InChI is InChI=1S/C27H35BrN2O6/c1-2-35-26(34)20-21-25(33)30(18(15-31)13-16-9-5-3-6-10-16)23(27(21)14-19(28)22(20)36-27)24(32)29-17-11-7-4-8-12-17/h3,5-6,9-10,17-23,31H,2,4,7-8,11-15H2,1H3,(H,29,32)/t18-,19?,20-,21+,22-,23-,27+/m1/s1. The first-order valence-corrected chi connectivity index (χ1v) is 14.1. The van der Waals surface area contributed by atoms with Crippen LogP contribution in [0.5, 0.6) is 0 Å². The van der Waals surface area contributed by atoms with Crippen molar-refractivity contribution in [2.75, 3.05) is 13.2 Å². The first-order valence-electron chi connectivity index (χ1n) is 13.2. The van der Waals surface area contributed by atoms with Crippen molar-refractivity contribution in [2.24, 2.45) is 11.8 Å². The molecule has 7 atom stereocenters. The highest BCUT2D eigenvalue weighted by atomic mass is 79.9. The second-order valence-electron chi connectivity index (χ2n) is 10.5. The Morgan fingerprint density at radius 1 is 1.25 bits per heavy atom. The Labute approximate surface area is 220 Å². The molecule has 1 spiro atoms. The number of nitrogens with zero attached hydrogens (tertiary/aromatic N) is 1. The van der Waals surface area contributed by atoms with Gasteiger partial charge in [-0.3, -0.25) is 14.4 Å². The summed E-state index contributed by atoms with van der Waals surface area (Å²) in [7, 11) is 0. The number of nitrogens with one attached hydrogen (secondary N) is 1. The highest BCUT2D eigenvalue weighted by Gasteiger charge is 2.77. The average Bonchev–Trinajstić information content (AvgIpc) is 3.47. The van der Waals surface area contributed by atoms with Gasteiger partial charge >= 0.3 is 5.97 Å². The summed E-state index contributed by atoms with van der Waals surface area (Å²) in [6.45, 7) is 1.63. The molecule has 1 aliphatic carbocycles. The van der Waals surface area contributed by atoms with E-state index in [0.717, 1.165) is 37.7 Å². The maximum absolute atomic E-state index is 14.1. The van der Waals surface area contributed by atoms with E-state index in [1.807, 2.05) is 30.3 Å². The summed E-state index contributed by atoms with van der Waals surface area (Å²) in [4.78, 5) is 42.5. The molecule has 3 aliphatic heterocycles. The lowest BCUT2D eigenvalue weighted by Crippen LogP contribution is -2.59. The number of ether oxygens (including phenoxy) is 2. The molecule has 5 rings (SSSR count). The smallest absolute Gasteiger partial charge is 0.312 e. The number of aliphatic hydroxyl groups excluding tert-OH is 1. The fraction of sp³-hybridized carbons (Fsp3) is 0.667. The summed E-state index contributed by atoms with van der Waals surface area (Å²) in [5.41, 5.74) is -0.188. The van der Waals surface area contributed by atoms with E-state index in [-0.39, 0.29) is 35.9 Å². The molecular formula is C27H35BrN2O6. The molecular weight excluding hydrogens is 528 g/mol. The van der Waals surface area contributed by atoms with Gasteiger partial charge in [0, 0.05) is 10.9 Å². The maximum atomic E-state index is 14.1. The number of alkyl halides is 1. The summed E-state index contributed by atoms with van der Waals surface area (Å²) in [6.07, 6.45) is 5.40. The first-order chi connectivity index (χ1) is 17.4. The molecule has 2 N–H and O–H groups in total. The Bertz CT molecular complexity index is 986. The van der Waals surface area contributed by atoms with Crippen molar-refractivity contribution < 1.29 is 29.0 Å². The van der Waals surface area contributed by atoms with Crippen LogP contribution in [-0.4, -0.2) is 75.7 Å². The van der Waals surface area contributed by atoms with Crippen molar-refractivity contribution >= 4 is 33.7 Å². The minimum atomic E-state index is -1.14. The van der Waals surface area contributed by atoms with Crippen LogP contribution < -0.4 is 5.32 Å². The van der Waals surface area contributed by atoms with Crippen molar-refractivity contribution in [3.8, 4) is 0 Å². The zero-order valence-electron chi connectivity index (χ0n) is 20.6. The molecule has 0 radical (unpaired) electrons. The largest absolute Gasteiger partial charge is 0.466 e. The van der Waals surface area contributed by atoms with Gasteiger partial charge in [-0.1, -0.05) is 65.5 Å². The van der Waals surface area contributed by atoms with E-state index in [0.29, 0.717) is 12.8 Å². The number of amides is 2. The Hall–Kier alpha value is -1.97. The van der Waals surface area contributed by atoms with Crippen LogP contribution in [0.25, 0.3) is 0 Å². The van der Waals surface area contributed by atoms with Gasteiger partial charge in [-0.05, 0) is 38.2 Å². The normalized spacial score (nSPS) is 34.5. The Morgan fingerprint density at radius 2 is 1.97 bits per heavy atom. The minimum Gasteiger partial charge on any atom is -0.466 e. The van der Waals surface area contributed by atoms with Gasteiger partial charge in [0.25, 0.3) is 0 Å². The molecule has 0 aromatic heterocycles. The molecule has 8 nitrogen and oxygen atoms in total. The summed E-state index contributed by atoms with van der Waals surface area (Å²) >= 11 is 3.67. The number of halogens is 1. The average molecular weight is 563 g/mol. The molecule has 3 heterocycles. The summed E-state index contributed by atoms with van der Waals surface area (Å²) in [5.74, 6) is -2.64. The van der Waals surface area contributed by atoms with E-state index in [1.54, 1.807) is 6.92 Å². The topological polar surface area (TPSA) is 105 Å². The molecule has 2 bridgehead atoms. The SMILES string of the molecule is CCOC(=O)[C@H]1[C@@H]2O[C@@]3(CC2Br)[C@@H]1C(=O)N([C@@H](CO)Cc1ccccc1)[C@@H]3C(=O)NC1CCCCC1. The van der Waals surface area contributed by atoms with Crippen LogP contribution >= 0.6 is 15.9 Å². The molecule has 9 heteroatoms. The summed E-state index contributed by atoms with van der Waals surface area (Å²) in [5, 5.41) is 13.7. The van der Waals surface area contributed by atoms with Crippen molar-refractivity contribution in [1.82, 2.24) is 10.2 Å². The van der Waals surface area contributed by atoms with Crippen molar-refractivity contribution in [3.05, 3.63) is 35.9 Å². The Balaban J connectivity index is 1.52. The van der Waals surface area contributed by atoms with E-state index in [1.165, 1.54) is 4.90 Å². The van der Waals surface area contributed by atoms with Gasteiger partial charge in [-0.15, -0.1) is 0 Å². The zero-order chi connectivity index (χ0) is 25.4. The number of benzene rings is 1. The molecule has 4 aliphatic rings. The second-order valence-corrected chi connectivity index (χ2v) is 11.7. The van der Waals surface area contributed by atoms with E-state index >= 15 is 0 Å². The molecule has 1 unspecified atom stereocenters. The lowest BCUT2D eigenvalue weighted by atomic mass is 9.70. The first kappa shape index (κ1) is 25.7. The van der Waals surface area contributed by atoms with Crippen LogP contribution in [0.4, 0.5) is 0 Å². The fourth-order valence-electron chi connectivity index (χ4n) is 6.93. The molecule has 4 fully saturated rings. The Kier molecular flexibility index (Phi) is 7.43. The van der Waals surface area contributed by atoms with Gasteiger partial charge in [0.1, 0.15) is 11.6 Å². The fourth-order valence-corrected chi connectivity index (χ4v) is 7.87. The van der Waals surface area contributed by atoms with Gasteiger partial charge in [-0.2, -0.15) is 0 Å². The number of likely N-dealkylation sites (tertiary alicyclic amines) is 1. The van der Waals surface area contributed by atoms with Gasteiger partial charge < -0.3 is 24.8 Å². The molecule has 36 heavy (non-hydrogen) atoms. The van der Waals surface area contributed by atoms with Crippen LogP contribution in [0.2, 0.25) is 0 Å². The van der Waals surface area contributed by atoms with E-state index in [9.17, 15) is 19.5 Å². The minimum absolute atomic E-state index is 0.0552. The summed E-state index contributed by atoms with van der Waals surface area (Å²) < 4.78 is 11.8. The molecule has 1 aromatic rings. The van der Waals surface area contributed by atoms with Crippen molar-refractivity contribution in [2.45, 2.75) is 86.5 Å². The zero-order valence-corrected chi connectivity index (χ0v) is 22.2.